The number of hydrazine groups is 1. The molecule has 0 aliphatic carbocycles. The third kappa shape index (κ3) is 18.0. The Balaban J connectivity index is 0. The number of carbonyl (C=O) groups is 4. The molecule has 0 radical (unpaired) electrons. The summed E-state index contributed by atoms with van der Waals surface area (Å²) in [6.07, 6.45) is 0.0907. The summed E-state index contributed by atoms with van der Waals surface area (Å²) in [5.74, 6) is 6.51. The molecule has 0 rings (SSSR count). The summed E-state index contributed by atoms with van der Waals surface area (Å²) in [5.41, 5.74) is 0. The van der Waals surface area contributed by atoms with Crippen LogP contribution in [0.5, 0.6) is 0 Å². The maximum atomic E-state index is 11.4. The lowest BCUT2D eigenvalue weighted by Gasteiger charge is -2.21. The first-order chi connectivity index (χ1) is 11.3. The van der Waals surface area contributed by atoms with Gasteiger partial charge >= 0.3 is 17.9 Å². The normalized spacial score (nSPS) is 9.58. The van der Waals surface area contributed by atoms with Crippen molar-refractivity contribution in [3.8, 4) is 0 Å². The van der Waals surface area contributed by atoms with Crippen molar-refractivity contribution in [1.82, 2.24) is 4.90 Å². The molecule has 0 spiro atoms. The number of hydrogen-bond acceptors (Lipinski definition) is 10. The van der Waals surface area contributed by atoms with Crippen LogP contribution >= 0.6 is 0 Å². The third-order valence-corrected chi connectivity index (χ3v) is 2.49. The van der Waals surface area contributed by atoms with Gasteiger partial charge in [0.2, 0.25) is 0 Å². The molecule has 0 unspecified atom stereocenters. The highest BCUT2D eigenvalue weighted by Gasteiger charge is 2.11. The van der Waals surface area contributed by atoms with E-state index in [9.17, 15) is 19.2 Å². The van der Waals surface area contributed by atoms with Gasteiger partial charge in [-0.3, -0.25) is 35.8 Å². The Labute approximate surface area is 141 Å². The van der Waals surface area contributed by atoms with Gasteiger partial charge in [-0.05, 0) is 6.92 Å². The van der Waals surface area contributed by atoms with Crippen LogP contribution in [0.15, 0.2) is 0 Å². The Kier molecular flexibility index (Phi) is 16.0. The first-order valence-corrected chi connectivity index (χ1v) is 7.28. The quantitative estimate of drug-likeness (QED) is 0.200. The fraction of sp³-hybridized carbons (Fsp3) is 0.714. The highest BCUT2D eigenvalue weighted by atomic mass is 16.5. The molecule has 0 aromatic carbocycles. The number of ketones is 1. The second-order valence-electron chi connectivity index (χ2n) is 4.63. The maximum absolute atomic E-state index is 11.4. The Bertz CT molecular complexity index is 382. The first-order valence-electron chi connectivity index (χ1n) is 7.28. The number of nitrogens with two attached hydrogens (primary N) is 2. The lowest BCUT2D eigenvalue weighted by Crippen LogP contribution is -2.34. The van der Waals surface area contributed by atoms with Gasteiger partial charge in [0.05, 0.1) is 6.42 Å². The molecule has 0 aliphatic heterocycles. The first kappa shape index (κ1) is 24.2. The smallest absolute Gasteiger partial charge is 0.307 e. The van der Waals surface area contributed by atoms with Crippen LogP contribution in [0.3, 0.4) is 0 Å². The number of esters is 3. The minimum atomic E-state index is -0.486. The number of ether oxygens (including phenoxy) is 3. The van der Waals surface area contributed by atoms with Crippen molar-refractivity contribution >= 4 is 23.7 Å². The standard InChI is InChI=1S/C14H23NO7.H4N2/c1-11(16)10-22-14(19)4-5-15(6-8-20-12(2)17)7-9-21-13(3)18;1-2/h4-10H2,1-3H3;1-2H2. The van der Waals surface area contributed by atoms with Crippen LogP contribution in [0, 0.1) is 0 Å². The van der Waals surface area contributed by atoms with Crippen molar-refractivity contribution in [2.45, 2.75) is 27.2 Å². The molecule has 0 amide bonds. The molecular formula is C14H27N3O7. The average Bonchev–Trinajstić information content (AvgIpc) is 2.51. The van der Waals surface area contributed by atoms with E-state index in [1.165, 1.54) is 20.8 Å². The van der Waals surface area contributed by atoms with E-state index < -0.39 is 5.97 Å². The number of Topliss-reactive ketones (excluding diaryl/α,β-unsaturated/α-hetero) is 1. The second-order valence-corrected chi connectivity index (χ2v) is 4.63. The van der Waals surface area contributed by atoms with E-state index in [1.807, 2.05) is 0 Å². The number of rotatable bonds is 11. The Morgan fingerprint density at radius 2 is 1.25 bits per heavy atom. The minimum absolute atomic E-state index is 0.0907. The van der Waals surface area contributed by atoms with Crippen LogP contribution in [-0.4, -0.2) is 68.0 Å². The summed E-state index contributed by atoms with van der Waals surface area (Å²) in [4.78, 5) is 45.4. The van der Waals surface area contributed by atoms with Crippen molar-refractivity contribution in [3.63, 3.8) is 0 Å². The predicted molar refractivity (Wildman–Crippen MR) is 84.3 cm³/mol. The molecule has 0 aromatic rings. The van der Waals surface area contributed by atoms with E-state index in [0.717, 1.165) is 0 Å². The van der Waals surface area contributed by atoms with E-state index in [-0.39, 0.29) is 44.0 Å². The van der Waals surface area contributed by atoms with Crippen LogP contribution < -0.4 is 11.7 Å². The summed E-state index contributed by atoms with van der Waals surface area (Å²) >= 11 is 0. The van der Waals surface area contributed by atoms with Gasteiger partial charge in [0.25, 0.3) is 0 Å². The molecule has 4 N–H and O–H groups in total. The maximum Gasteiger partial charge on any atom is 0.307 e. The van der Waals surface area contributed by atoms with Gasteiger partial charge < -0.3 is 14.2 Å². The van der Waals surface area contributed by atoms with E-state index in [2.05, 4.69) is 11.7 Å². The molecule has 10 heteroatoms. The van der Waals surface area contributed by atoms with E-state index in [1.54, 1.807) is 4.90 Å². The molecule has 0 aliphatic rings. The predicted octanol–water partition coefficient (Wildman–Crippen LogP) is -1.24. The fourth-order valence-corrected chi connectivity index (χ4v) is 1.48. The lowest BCUT2D eigenvalue weighted by molar-refractivity contribution is -0.148. The summed E-state index contributed by atoms with van der Waals surface area (Å²) in [7, 11) is 0. The lowest BCUT2D eigenvalue weighted by atomic mass is 10.3. The van der Waals surface area contributed by atoms with Gasteiger partial charge in [0, 0.05) is 33.5 Å². The molecule has 0 saturated carbocycles. The fourth-order valence-electron chi connectivity index (χ4n) is 1.48. The van der Waals surface area contributed by atoms with E-state index in [0.29, 0.717) is 19.6 Å². The topological polar surface area (TPSA) is 151 Å². The zero-order chi connectivity index (χ0) is 19.0. The highest BCUT2D eigenvalue weighted by molar-refractivity contribution is 5.80. The van der Waals surface area contributed by atoms with E-state index in [4.69, 9.17) is 14.2 Å². The Hall–Kier alpha value is -2.04. The molecule has 24 heavy (non-hydrogen) atoms. The number of hydrogen-bond donors (Lipinski definition) is 2. The monoisotopic (exact) mass is 349 g/mol. The zero-order valence-corrected chi connectivity index (χ0v) is 14.4. The number of nitrogens with zero attached hydrogens (tertiary/aromatic N) is 1. The van der Waals surface area contributed by atoms with Crippen LogP contribution in [0.1, 0.15) is 27.2 Å². The van der Waals surface area contributed by atoms with Crippen molar-refractivity contribution < 1.29 is 33.4 Å². The van der Waals surface area contributed by atoms with Crippen LogP contribution in [0.2, 0.25) is 0 Å². The van der Waals surface area contributed by atoms with Crippen molar-refractivity contribution in [3.05, 3.63) is 0 Å². The molecule has 0 bridgehead atoms. The average molecular weight is 349 g/mol. The van der Waals surface area contributed by atoms with Gasteiger partial charge in [0.15, 0.2) is 5.78 Å². The molecular weight excluding hydrogens is 322 g/mol. The summed E-state index contributed by atoms with van der Waals surface area (Å²) in [5, 5.41) is 0. The summed E-state index contributed by atoms with van der Waals surface area (Å²) < 4.78 is 14.4. The van der Waals surface area contributed by atoms with E-state index >= 15 is 0 Å². The Morgan fingerprint density at radius 3 is 1.62 bits per heavy atom. The van der Waals surface area contributed by atoms with Crippen LogP contribution in [-0.2, 0) is 33.4 Å². The van der Waals surface area contributed by atoms with Crippen molar-refractivity contribution in [1.29, 1.82) is 0 Å². The molecule has 0 aromatic heterocycles. The van der Waals surface area contributed by atoms with Crippen molar-refractivity contribution in [2.24, 2.45) is 11.7 Å². The molecule has 0 heterocycles. The number of carbonyl (C=O) groups excluding carboxylic acids is 4. The third-order valence-electron chi connectivity index (χ3n) is 2.49. The summed E-state index contributed by atoms with van der Waals surface area (Å²) in [6.45, 7) is 5.22. The molecule has 0 saturated heterocycles. The highest BCUT2D eigenvalue weighted by Crippen LogP contribution is 1.96. The minimum Gasteiger partial charge on any atom is -0.465 e. The van der Waals surface area contributed by atoms with Gasteiger partial charge in [-0.2, -0.15) is 0 Å². The largest absolute Gasteiger partial charge is 0.465 e. The van der Waals surface area contributed by atoms with Crippen LogP contribution in [0.25, 0.3) is 0 Å². The Morgan fingerprint density at radius 1 is 0.792 bits per heavy atom. The van der Waals surface area contributed by atoms with Gasteiger partial charge in [-0.15, -0.1) is 0 Å². The van der Waals surface area contributed by atoms with Crippen molar-refractivity contribution in [2.75, 3.05) is 39.5 Å². The molecule has 10 nitrogen and oxygen atoms in total. The molecule has 0 fully saturated rings. The SMILES string of the molecule is CC(=O)COC(=O)CCN(CCOC(C)=O)CCOC(C)=O.NN. The molecule has 140 valence electrons. The summed E-state index contributed by atoms with van der Waals surface area (Å²) in [6, 6.07) is 0. The second kappa shape index (κ2) is 15.8. The van der Waals surface area contributed by atoms with Gasteiger partial charge in [-0.25, -0.2) is 0 Å². The van der Waals surface area contributed by atoms with Gasteiger partial charge in [-0.1, -0.05) is 0 Å². The molecule has 0 atom stereocenters. The zero-order valence-electron chi connectivity index (χ0n) is 14.4. The van der Waals surface area contributed by atoms with Gasteiger partial charge in [0.1, 0.15) is 19.8 Å². The van der Waals surface area contributed by atoms with Crippen LogP contribution in [0.4, 0.5) is 0 Å².